The lowest BCUT2D eigenvalue weighted by Crippen LogP contribution is -1.89. The summed E-state index contributed by atoms with van der Waals surface area (Å²) in [7, 11) is 0. The van der Waals surface area contributed by atoms with Gasteiger partial charge in [0, 0.05) is 11.1 Å². The zero-order valence-corrected chi connectivity index (χ0v) is 6.61. The van der Waals surface area contributed by atoms with Gasteiger partial charge in [-0.3, -0.25) is 0 Å². The Labute approximate surface area is 59.9 Å². The highest BCUT2D eigenvalue weighted by atomic mass is 32.1. The van der Waals surface area contributed by atoms with Gasteiger partial charge in [-0.1, -0.05) is 13.8 Å². The maximum Gasteiger partial charge on any atom is 0.0409 e. The normalized spacial score (nSPS) is 10.6. The van der Waals surface area contributed by atoms with E-state index in [0.717, 1.165) is 5.92 Å². The topological polar surface area (TPSA) is 12.9 Å². The molecule has 0 saturated heterocycles. The van der Waals surface area contributed by atoms with Crippen molar-refractivity contribution < 1.29 is 0 Å². The average Bonchev–Trinajstić information content (AvgIpc) is 2.15. The SMILES string of the molecule is CC(C)Cc1ccns1. The van der Waals surface area contributed by atoms with Gasteiger partial charge < -0.3 is 0 Å². The van der Waals surface area contributed by atoms with Crippen molar-refractivity contribution in [1.29, 1.82) is 0 Å². The van der Waals surface area contributed by atoms with Gasteiger partial charge >= 0.3 is 0 Å². The molecule has 0 aromatic carbocycles. The molecule has 1 heterocycles. The second-order valence-corrected chi connectivity index (χ2v) is 3.49. The first-order valence-corrected chi connectivity index (χ1v) is 3.96. The highest BCUT2D eigenvalue weighted by molar-refractivity contribution is 7.05. The average molecular weight is 141 g/mol. The minimum absolute atomic E-state index is 0.755. The summed E-state index contributed by atoms with van der Waals surface area (Å²) in [6.45, 7) is 4.44. The number of hydrogen-bond donors (Lipinski definition) is 0. The van der Waals surface area contributed by atoms with E-state index in [2.05, 4.69) is 24.3 Å². The van der Waals surface area contributed by atoms with Crippen molar-refractivity contribution in [1.82, 2.24) is 4.37 Å². The standard InChI is InChI=1S/C7H11NS/c1-6(2)5-7-3-4-8-9-7/h3-4,6H,5H2,1-2H3. The van der Waals surface area contributed by atoms with E-state index in [1.165, 1.54) is 11.3 Å². The third-order valence-corrected chi connectivity index (χ3v) is 1.87. The molecule has 1 nitrogen and oxygen atoms in total. The van der Waals surface area contributed by atoms with Crippen molar-refractivity contribution in [2.24, 2.45) is 5.92 Å². The van der Waals surface area contributed by atoms with E-state index in [1.54, 1.807) is 11.5 Å². The summed E-state index contributed by atoms with van der Waals surface area (Å²) in [6, 6.07) is 2.09. The number of aromatic nitrogens is 1. The van der Waals surface area contributed by atoms with Crippen LogP contribution in [0.1, 0.15) is 18.7 Å². The first kappa shape index (κ1) is 6.75. The van der Waals surface area contributed by atoms with Crippen LogP contribution in [0, 0.1) is 5.92 Å². The molecular weight excluding hydrogens is 130 g/mol. The van der Waals surface area contributed by atoms with Crippen molar-refractivity contribution >= 4 is 11.5 Å². The second kappa shape index (κ2) is 2.97. The van der Waals surface area contributed by atoms with Crippen molar-refractivity contribution in [3.8, 4) is 0 Å². The Morgan fingerprint density at radius 1 is 1.67 bits per heavy atom. The van der Waals surface area contributed by atoms with Gasteiger partial charge in [0.2, 0.25) is 0 Å². The molecular formula is C7H11NS. The fourth-order valence-electron chi connectivity index (χ4n) is 0.750. The van der Waals surface area contributed by atoms with Crippen molar-refractivity contribution in [3.05, 3.63) is 17.1 Å². The molecule has 0 radical (unpaired) electrons. The van der Waals surface area contributed by atoms with E-state index in [-0.39, 0.29) is 0 Å². The van der Waals surface area contributed by atoms with E-state index in [9.17, 15) is 0 Å². The van der Waals surface area contributed by atoms with Gasteiger partial charge in [0.25, 0.3) is 0 Å². The maximum atomic E-state index is 4.02. The molecule has 1 aromatic heterocycles. The molecule has 1 aromatic rings. The maximum absolute atomic E-state index is 4.02. The second-order valence-electron chi connectivity index (χ2n) is 2.58. The van der Waals surface area contributed by atoms with Crippen LogP contribution in [0.15, 0.2) is 12.3 Å². The third kappa shape index (κ3) is 2.14. The quantitative estimate of drug-likeness (QED) is 0.616. The van der Waals surface area contributed by atoms with Crippen LogP contribution in [0.3, 0.4) is 0 Å². The summed E-state index contributed by atoms with van der Waals surface area (Å²) < 4.78 is 4.02. The first-order valence-electron chi connectivity index (χ1n) is 3.18. The van der Waals surface area contributed by atoms with Crippen molar-refractivity contribution in [2.45, 2.75) is 20.3 Å². The van der Waals surface area contributed by atoms with Crippen LogP contribution < -0.4 is 0 Å². The summed E-state index contributed by atoms with van der Waals surface area (Å²) >= 11 is 1.60. The highest BCUT2D eigenvalue weighted by Gasteiger charge is 1.96. The zero-order valence-electron chi connectivity index (χ0n) is 5.79. The first-order chi connectivity index (χ1) is 4.29. The van der Waals surface area contributed by atoms with E-state index in [1.807, 2.05) is 6.20 Å². The minimum atomic E-state index is 0.755. The molecule has 0 atom stereocenters. The lowest BCUT2D eigenvalue weighted by Gasteiger charge is -1.97. The Bertz CT molecular complexity index is 155. The molecule has 0 amide bonds. The van der Waals surface area contributed by atoms with Gasteiger partial charge in [-0.2, -0.15) is 0 Å². The molecule has 0 aliphatic rings. The van der Waals surface area contributed by atoms with E-state index < -0.39 is 0 Å². The Morgan fingerprint density at radius 3 is 2.89 bits per heavy atom. The van der Waals surface area contributed by atoms with Gasteiger partial charge in [0.15, 0.2) is 0 Å². The van der Waals surface area contributed by atoms with Crippen molar-refractivity contribution in [2.75, 3.05) is 0 Å². The zero-order chi connectivity index (χ0) is 6.69. The van der Waals surface area contributed by atoms with Gasteiger partial charge in [-0.05, 0) is 29.9 Å². The minimum Gasteiger partial charge on any atom is -0.201 e. The molecule has 0 saturated carbocycles. The van der Waals surface area contributed by atoms with E-state index in [4.69, 9.17) is 0 Å². The predicted octanol–water partition coefficient (Wildman–Crippen LogP) is 2.34. The number of nitrogens with zero attached hydrogens (tertiary/aromatic N) is 1. The van der Waals surface area contributed by atoms with Crippen LogP contribution in [-0.4, -0.2) is 4.37 Å². The number of rotatable bonds is 2. The van der Waals surface area contributed by atoms with Crippen molar-refractivity contribution in [3.63, 3.8) is 0 Å². The van der Waals surface area contributed by atoms with Crippen LogP contribution >= 0.6 is 11.5 Å². The lowest BCUT2D eigenvalue weighted by atomic mass is 10.1. The molecule has 0 spiro atoms. The predicted molar refractivity (Wildman–Crippen MR) is 40.7 cm³/mol. The van der Waals surface area contributed by atoms with Crippen LogP contribution in [-0.2, 0) is 6.42 Å². The Balaban J connectivity index is 2.48. The summed E-state index contributed by atoms with van der Waals surface area (Å²) in [5, 5.41) is 0. The fourth-order valence-corrected chi connectivity index (χ4v) is 1.54. The Kier molecular flexibility index (Phi) is 2.22. The van der Waals surface area contributed by atoms with Gasteiger partial charge in [0.1, 0.15) is 0 Å². The number of hydrogen-bond acceptors (Lipinski definition) is 2. The van der Waals surface area contributed by atoms with Gasteiger partial charge in [0.05, 0.1) is 0 Å². The monoisotopic (exact) mass is 141 g/mol. The Hall–Kier alpha value is -0.370. The lowest BCUT2D eigenvalue weighted by molar-refractivity contribution is 0.654. The van der Waals surface area contributed by atoms with E-state index in [0.29, 0.717) is 0 Å². The molecule has 0 bridgehead atoms. The third-order valence-electron chi connectivity index (χ3n) is 1.10. The molecule has 0 aliphatic heterocycles. The molecule has 0 aliphatic carbocycles. The highest BCUT2D eigenvalue weighted by Crippen LogP contribution is 2.10. The fraction of sp³-hybridized carbons (Fsp3) is 0.571. The molecule has 2 heteroatoms. The van der Waals surface area contributed by atoms with Gasteiger partial charge in [-0.25, -0.2) is 4.37 Å². The summed E-state index contributed by atoms with van der Waals surface area (Å²) in [6.07, 6.45) is 3.03. The van der Waals surface area contributed by atoms with Crippen LogP contribution in [0.5, 0.6) is 0 Å². The molecule has 9 heavy (non-hydrogen) atoms. The molecule has 1 rings (SSSR count). The largest absolute Gasteiger partial charge is 0.201 e. The van der Waals surface area contributed by atoms with Crippen LogP contribution in [0.25, 0.3) is 0 Å². The summed E-state index contributed by atoms with van der Waals surface area (Å²) in [5.74, 6) is 0.755. The summed E-state index contributed by atoms with van der Waals surface area (Å²) in [5.41, 5.74) is 0. The summed E-state index contributed by atoms with van der Waals surface area (Å²) in [4.78, 5) is 1.39. The van der Waals surface area contributed by atoms with Crippen LogP contribution in [0.2, 0.25) is 0 Å². The molecule has 50 valence electrons. The molecule has 0 unspecified atom stereocenters. The van der Waals surface area contributed by atoms with Gasteiger partial charge in [-0.15, -0.1) is 0 Å². The Morgan fingerprint density at radius 2 is 2.44 bits per heavy atom. The smallest absolute Gasteiger partial charge is 0.0409 e. The molecule has 0 fully saturated rings. The van der Waals surface area contributed by atoms with E-state index >= 15 is 0 Å². The van der Waals surface area contributed by atoms with Crippen LogP contribution in [0.4, 0.5) is 0 Å². The molecule has 0 N–H and O–H groups in total.